The van der Waals surface area contributed by atoms with Crippen LogP contribution in [0, 0.1) is 0 Å². The SMILES string of the molecule is CC.CC(C)(C)OC=O.CCCN(C)CC=O.COCC(=O)c1ccc(Br)cc1. The molecule has 7 heteroatoms. The minimum absolute atomic E-state index is 0.00463. The van der Waals surface area contributed by atoms with Gasteiger partial charge in [-0.05, 0) is 52.9 Å². The fraction of sp³-hybridized carbons (Fsp3) is 0.591. The lowest BCUT2D eigenvalue weighted by molar-refractivity contribution is -0.138. The van der Waals surface area contributed by atoms with Crippen molar-refractivity contribution < 1.29 is 23.9 Å². The van der Waals surface area contributed by atoms with Crippen molar-refractivity contribution in [1.29, 1.82) is 0 Å². The lowest BCUT2D eigenvalue weighted by Gasteiger charge is -2.14. The Morgan fingerprint density at radius 1 is 1.14 bits per heavy atom. The van der Waals surface area contributed by atoms with Gasteiger partial charge in [0, 0.05) is 17.1 Å². The Hall–Kier alpha value is -1.57. The van der Waals surface area contributed by atoms with Crippen molar-refractivity contribution in [3.8, 4) is 0 Å². The number of ether oxygens (including phenoxy) is 2. The van der Waals surface area contributed by atoms with Gasteiger partial charge in [-0.15, -0.1) is 0 Å². The van der Waals surface area contributed by atoms with E-state index in [1.165, 1.54) is 7.11 Å². The first kappa shape index (κ1) is 32.1. The van der Waals surface area contributed by atoms with Gasteiger partial charge in [-0.25, -0.2) is 0 Å². The quantitative estimate of drug-likeness (QED) is 0.397. The number of carbonyl (C=O) groups excluding carboxylic acids is 3. The second-order valence-electron chi connectivity index (χ2n) is 6.62. The van der Waals surface area contributed by atoms with Crippen molar-refractivity contribution in [3.63, 3.8) is 0 Å². The molecule has 0 aliphatic heterocycles. The molecule has 0 saturated heterocycles. The molecule has 0 spiro atoms. The zero-order chi connectivity index (χ0) is 23.3. The summed E-state index contributed by atoms with van der Waals surface area (Å²) in [6, 6.07) is 7.21. The zero-order valence-corrected chi connectivity index (χ0v) is 20.7. The van der Waals surface area contributed by atoms with E-state index in [2.05, 4.69) is 27.6 Å². The molecule has 29 heavy (non-hydrogen) atoms. The predicted molar refractivity (Wildman–Crippen MR) is 122 cm³/mol. The lowest BCUT2D eigenvalue weighted by atomic mass is 10.1. The highest BCUT2D eigenvalue weighted by atomic mass is 79.9. The van der Waals surface area contributed by atoms with Crippen molar-refractivity contribution in [2.45, 2.75) is 53.6 Å². The maximum atomic E-state index is 11.2. The number of halogens is 1. The van der Waals surface area contributed by atoms with E-state index in [1.54, 1.807) is 12.1 Å². The number of hydrogen-bond acceptors (Lipinski definition) is 6. The molecule has 0 N–H and O–H groups in total. The zero-order valence-electron chi connectivity index (χ0n) is 19.2. The van der Waals surface area contributed by atoms with Crippen LogP contribution in [-0.4, -0.2) is 62.9 Å². The predicted octanol–water partition coefficient (Wildman–Crippen LogP) is 4.79. The van der Waals surface area contributed by atoms with Crippen LogP contribution in [0.25, 0.3) is 0 Å². The maximum absolute atomic E-state index is 11.2. The highest BCUT2D eigenvalue weighted by Gasteiger charge is 2.07. The largest absolute Gasteiger partial charge is 0.462 e. The second kappa shape index (κ2) is 21.1. The fourth-order valence-electron chi connectivity index (χ4n) is 1.59. The Labute approximate surface area is 185 Å². The van der Waals surface area contributed by atoms with Crippen molar-refractivity contribution in [2.24, 2.45) is 0 Å². The molecule has 0 aliphatic carbocycles. The Bertz CT molecular complexity index is 527. The number of nitrogens with zero attached hydrogens (tertiary/aromatic N) is 1. The lowest BCUT2D eigenvalue weighted by Crippen LogP contribution is -2.20. The fourth-order valence-corrected chi connectivity index (χ4v) is 1.86. The number of carbonyl (C=O) groups is 3. The summed E-state index contributed by atoms with van der Waals surface area (Å²) in [5.74, 6) is 0.00463. The summed E-state index contributed by atoms with van der Waals surface area (Å²) in [6.07, 6.45) is 2.04. The molecule has 0 aliphatic rings. The molecule has 0 saturated carbocycles. The van der Waals surface area contributed by atoms with Gasteiger partial charge in [0.2, 0.25) is 0 Å². The summed E-state index contributed by atoms with van der Waals surface area (Å²) < 4.78 is 10.2. The van der Waals surface area contributed by atoms with Gasteiger partial charge in [-0.2, -0.15) is 0 Å². The van der Waals surface area contributed by atoms with Gasteiger partial charge in [0.15, 0.2) is 5.78 Å². The Kier molecular flexibility index (Phi) is 23.4. The van der Waals surface area contributed by atoms with Crippen LogP contribution in [0.2, 0.25) is 0 Å². The molecule has 1 aromatic rings. The second-order valence-corrected chi connectivity index (χ2v) is 7.53. The van der Waals surface area contributed by atoms with Crippen LogP contribution in [0.3, 0.4) is 0 Å². The standard InChI is InChI=1S/C9H9BrO2.C6H13NO.C5H10O2.C2H6/c1-12-6-9(11)7-2-4-8(10)5-3-7;1-3-4-7(2)5-6-8;1-5(2,3)7-4-6;1-2/h2-5H,6H2,1H3;6H,3-5H2,1-2H3;4H,1-3H3;1-2H3. The number of methoxy groups -OCH3 is 1. The topological polar surface area (TPSA) is 72.9 Å². The number of hydrogen-bond donors (Lipinski definition) is 0. The van der Waals surface area contributed by atoms with E-state index < -0.39 is 0 Å². The van der Waals surface area contributed by atoms with Crippen LogP contribution >= 0.6 is 15.9 Å². The van der Waals surface area contributed by atoms with Crippen molar-refractivity contribution >= 4 is 34.5 Å². The van der Waals surface area contributed by atoms with Crippen LogP contribution in [0.1, 0.15) is 58.3 Å². The molecule has 1 rings (SSSR count). The van der Waals surface area contributed by atoms with Crippen LogP contribution in [0.15, 0.2) is 28.7 Å². The molecule has 0 aromatic heterocycles. The van der Waals surface area contributed by atoms with Gasteiger partial charge in [0.05, 0.1) is 6.54 Å². The summed E-state index contributed by atoms with van der Waals surface area (Å²) in [6.45, 7) is 13.7. The summed E-state index contributed by atoms with van der Waals surface area (Å²) in [7, 11) is 3.45. The average Bonchev–Trinajstić information content (AvgIpc) is 2.65. The Morgan fingerprint density at radius 2 is 1.66 bits per heavy atom. The summed E-state index contributed by atoms with van der Waals surface area (Å²) in [5, 5.41) is 0. The van der Waals surface area contributed by atoms with E-state index in [-0.39, 0.29) is 18.0 Å². The van der Waals surface area contributed by atoms with Crippen molar-refractivity contribution in [3.05, 3.63) is 34.3 Å². The third kappa shape index (κ3) is 24.4. The van der Waals surface area contributed by atoms with Crippen LogP contribution in [-0.2, 0) is 19.1 Å². The van der Waals surface area contributed by atoms with Gasteiger partial charge in [0.25, 0.3) is 6.47 Å². The third-order valence-corrected chi connectivity index (χ3v) is 3.36. The molecule has 1 aromatic carbocycles. The first-order valence-electron chi connectivity index (χ1n) is 9.62. The van der Waals surface area contributed by atoms with Crippen molar-refractivity contribution in [1.82, 2.24) is 4.90 Å². The van der Waals surface area contributed by atoms with Gasteiger partial charge < -0.3 is 14.3 Å². The van der Waals surface area contributed by atoms with Gasteiger partial charge in [-0.3, -0.25) is 14.5 Å². The minimum Gasteiger partial charge on any atom is -0.462 e. The first-order valence-corrected chi connectivity index (χ1v) is 10.4. The molecule has 0 amide bonds. The highest BCUT2D eigenvalue weighted by Crippen LogP contribution is 2.10. The Morgan fingerprint density at radius 3 is 1.97 bits per heavy atom. The Balaban J connectivity index is -0.000000351. The molecule has 0 fully saturated rings. The molecule has 0 radical (unpaired) electrons. The normalized spacial score (nSPS) is 9.59. The molecule has 0 unspecified atom stereocenters. The number of ketones is 1. The summed E-state index contributed by atoms with van der Waals surface area (Å²) in [4.78, 5) is 32.7. The molecule has 0 atom stereocenters. The van der Waals surface area contributed by atoms with E-state index in [4.69, 9.17) is 4.74 Å². The van der Waals surface area contributed by atoms with E-state index in [0.29, 0.717) is 18.6 Å². The van der Waals surface area contributed by atoms with Gasteiger partial charge in [-0.1, -0.05) is 48.8 Å². The summed E-state index contributed by atoms with van der Waals surface area (Å²) >= 11 is 3.29. The molecular formula is C22H38BrNO5. The van der Waals surface area contributed by atoms with E-state index >= 15 is 0 Å². The van der Waals surface area contributed by atoms with E-state index in [9.17, 15) is 14.4 Å². The van der Waals surface area contributed by atoms with Crippen LogP contribution in [0.5, 0.6) is 0 Å². The van der Waals surface area contributed by atoms with E-state index in [1.807, 2.05) is 58.7 Å². The number of likely N-dealkylation sites (N-methyl/N-ethyl adjacent to an activating group) is 1. The van der Waals surface area contributed by atoms with Crippen LogP contribution < -0.4 is 0 Å². The number of Topliss-reactive ketones (excluding diaryl/α,β-unsaturated/α-hetero) is 1. The molecule has 0 heterocycles. The number of rotatable bonds is 8. The van der Waals surface area contributed by atoms with Crippen LogP contribution in [0.4, 0.5) is 0 Å². The van der Waals surface area contributed by atoms with Crippen molar-refractivity contribution in [2.75, 3.05) is 33.9 Å². The average molecular weight is 476 g/mol. The van der Waals surface area contributed by atoms with Gasteiger partial charge >= 0.3 is 0 Å². The molecule has 6 nitrogen and oxygen atoms in total. The molecule has 0 bridgehead atoms. The number of aldehydes is 1. The monoisotopic (exact) mass is 475 g/mol. The maximum Gasteiger partial charge on any atom is 0.293 e. The minimum atomic E-state index is -0.318. The number of benzene rings is 1. The third-order valence-electron chi connectivity index (χ3n) is 2.83. The highest BCUT2D eigenvalue weighted by molar-refractivity contribution is 9.10. The molecule has 168 valence electrons. The summed E-state index contributed by atoms with van der Waals surface area (Å²) in [5.41, 5.74) is 0.363. The first-order chi connectivity index (χ1) is 13.6. The van der Waals surface area contributed by atoms with E-state index in [0.717, 1.165) is 23.7 Å². The molecular weight excluding hydrogens is 438 g/mol. The smallest absolute Gasteiger partial charge is 0.293 e. The van der Waals surface area contributed by atoms with Gasteiger partial charge in [0.1, 0.15) is 18.5 Å².